The molecule has 1 aliphatic heterocycles. The van der Waals surface area contributed by atoms with Crippen LogP contribution in [0, 0.1) is 62.1 Å². The Morgan fingerprint density at radius 1 is 1.08 bits per heavy atom. The zero-order valence-corrected chi connectivity index (χ0v) is 22.9. The third kappa shape index (κ3) is 2.67. The molecule has 0 spiro atoms. The molecule has 0 bridgehead atoms. The average Bonchev–Trinajstić information content (AvgIpc) is 3.55. The number of nitrogens with two attached hydrogens (primary N) is 1. The minimum atomic E-state index is -1.43. The van der Waals surface area contributed by atoms with Crippen molar-refractivity contribution in [1.82, 2.24) is 0 Å². The standard InChI is InChI=1S/C30H40N2O5/c1-25(2)12-16-21-15(7-10-29(16,24(32)36)20(34)13-25)27(5)9-8-18-26(3,4)22(35)30(14-31)23(37-30)28(18,6)19(27)11-17(21)33/h11,15-16,18,20-21,23,34H,7-10,12-13H2,1-6H3,(H2,32,36)/t15?,16-,18-,20?,21-,23?,27-,28-,29-,30?/m0/s1. The Labute approximate surface area is 219 Å². The van der Waals surface area contributed by atoms with Gasteiger partial charge in [0, 0.05) is 16.7 Å². The number of hydrogen-bond acceptors (Lipinski definition) is 6. The molecule has 0 radical (unpaired) electrons. The van der Waals surface area contributed by atoms with Crippen molar-refractivity contribution in [2.24, 2.45) is 56.5 Å². The number of amides is 1. The molecule has 6 aliphatic rings. The number of primary amides is 1. The van der Waals surface area contributed by atoms with E-state index >= 15 is 0 Å². The summed E-state index contributed by atoms with van der Waals surface area (Å²) in [4.78, 5) is 40.6. The number of nitriles is 1. The number of epoxide rings is 1. The Morgan fingerprint density at radius 3 is 2.38 bits per heavy atom. The number of ether oxygens (including phenoxy) is 1. The molecule has 5 aliphatic carbocycles. The van der Waals surface area contributed by atoms with Gasteiger partial charge in [0.15, 0.2) is 11.6 Å². The normalized spacial score (nSPS) is 52.8. The number of Topliss-reactive ketones (excluding diaryl/α,β-unsaturated/α-hetero) is 1. The van der Waals surface area contributed by atoms with Crippen LogP contribution in [-0.2, 0) is 19.1 Å². The van der Waals surface area contributed by atoms with Gasteiger partial charge in [0.2, 0.25) is 11.5 Å². The Kier molecular flexibility index (Phi) is 4.73. The number of fused-ring (bicyclic) bond motifs is 9. The fraction of sp³-hybridized carbons (Fsp3) is 0.800. The molecule has 1 saturated heterocycles. The van der Waals surface area contributed by atoms with Crippen LogP contribution in [0.15, 0.2) is 11.6 Å². The van der Waals surface area contributed by atoms with E-state index in [9.17, 15) is 24.8 Å². The maximum absolute atomic E-state index is 14.2. The molecule has 3 N–H and O–H groups in total. The van der Waals surface area contributed by atoms with Crippen LogP contribution in [0.5, 0.6) is 0 Å². The molecule has 10 atom stereocenters. The third-order valence-electron chi connectivity index (χ3n) is 12.4. The number of aliphatic hydroxyl groups is 1. The van der Waals surface area contributed by atoms with Gasteiger partial charge in [0.1, 0.15) is 12.2 Å². The molecular formula is C30H40N2O5. The van der Waals surface area contributed by atoms with Gasteiger partial charge in [0.25, 0.3) is 0 Å². The van der Waals surface area contributed by atoms with Gasteiger partial charge in [-0.3, -0.25) is 14.4 Å². The number of hydrogen-bond donors (Lipinski definition) is 2. The Balaban J connectivity index is 1.50. The molecule has 4 unspecified atom stereocenters. The van der Waals surface area contributed by atoms with Crippen LogP contribution in [0.3, 0.4) is 0 Å². The van der Waals surface area contributed by atoms with E-state index in [4.69, 9.17) is 10.5 Å². The lowest BCUT2D eigenvalue weighted by molar-refractivity contribution is -0.182. The van der Waals surface area contributed by atoms with Gasteiger partial charge in [-0.1, -0.05) is 47.1 Å². The van der Waals surface area contributed by atoms with Crippen molar-refractivity contribution in [2.75, 3.05) is 0 Å². The first-order valence-corrected chi connectivity index (χ1v) is 13.9. The van der Waals surface area contributed by atoms with Crippen molar-refractivity contribution in [1.29, 1.82) is 5.26 Å². The van der Waals surface area contributed by atoms with Crippen molar-refractivity contribution >= 4 is 17.5 Å². The predicted octanol–water partition coefficient (Wildman–Crippen LogP) is 3.48. The molecule has 200 valence electrons. The van der Waals surface area contributed by atoms with Crippen LogP contribution >= 0.6 is 0 Å². The molecule has 7 heteroatoms. The van der Waals surface area contributed by atoms with E-state index in [-0.39, 0.29) is 46.1 Å². The molecule has 0 aromatic carbocycles. The topological polar surface area (TPSA) is 134 Å². The number of ketones is 2. The van der Waals surface area contributed by atoms with Gasteiger partial charge in [-0.05, 0) is 73.2 Å². The lowest BCUT2D eigenvalue weighted by Crippen LogP contribution is -2.67. The summed E-state index contributed by atoms with van der Waals surface area (Å²) in [5.74, 6) is -1.35. The van der Waals surface area contributed by atoms with E-state index in [2.05, 4.69) is 33.8 Å². The molecule has 7 nitrogen and oxygen atoms in total. The first-order valence-electron chi connectivity index (χ1n) is 13.9. The van der Waals surface area contributed by atoms with E-state index in [1.165, 1.54) is 0 Å². The monoisotopic (exact) mass is 508 g/mol. The van der Waals surface area contributed by atoms with E-state index in [0.29, 0.717) is 25.7 Å². The van der Waals surface area contributed by atoms with Gasteiger partial charge in [-0.15, -0.1) is 0 Å². The second-order valence-corrected chi connectivity index (χ2v) is 14.9. The van der Waals surface area contributed by atoms with Crippen LogP contribution in [0.2, 0.25) is 0 Å². The van der Waals surface area contributed by atoms with Crippen LogP contribution in [0.25, 0.3) is 0 Å². The van der Waals surface area contributed by atoms with Gasteiger partial charge < -0.3 is 15.6 Å². The number of rotatable bonds is 1. The molecule has 5 fully saturated rings. The highest BCUT2D eigenvalue weighted by atomic mass is 16.6. The molecule has 37 heavy (non-hydrogen) atoms. The summed E-state index contributed by atoms with van der Waals surface area (Å²) < 4.78 is 6.02. The van der Waals surface area contributed by atoms with Crippen LogP contribution in [0.1, 0.15) is 80.1 Å². The highest BCUT2D eigenvalue weighted by Gasteiger charge is 2.82. The SMILES string of the molecule is CC1(C)CC(O)[C@]2(C(N)=O)CCC3[C@H](C(=O)C=C4[C@@]5(C)C6OC6(C#N)C(=O)C(C)(C)[C@@H]5CC[C@]43C)[C@@H]2C1. The molecule has 0 aromatic rings. The van der Waals surface area contributed by atoms with Gasteiger partial charge in [0.05, 0.1) is 11.5 Å². The predicted molar refractivity (Wildman–Crippen MR) is 134 cm³/mol. The highest BCUT2D eigenvalue weighted by molar-refractivity contribution is 6.01. The number of allylic oxidation sites excluding steroid dienone is 1. The number of aliphatic hydroxyl groups excluding tert-OH is 1. The summed E-state index contributed by atoms with van der Waals surface area (Å²) in [5, 5.41) is 21.3. The van der Waals surface area contributed by atoms with Crippen molar-refractivity contribution in [3.05, 3.63) is 11.6 Å². The highest BCUT2D eigenvalue weighted by Crippen LogP contribution is 2.74. The average molecular weight is 509 g/mol. The largest absolute Gasteiger partial charge is 0.392 e. The van der Waals surface area contributed by atoms with Crippen molar-refractivity contribution < 1.29 is 24.2 Å². The van der Waals surface area contributed by atoms with Gasteiger partial charge in [-0.25, -0.2) is 0 Å². The van der Waals surface area contributed by atoms with Gasteiger partial charge in [-0.2, -0.15) is 5.26 Å². The first-order chi connectivity index (χ1) is 17.0. The fourth-order valence-electron chi connectivity index (χ4n) is 10.8. The van der Waals surface area contributed by atoms with E-state index in [1.807, 2.05) is 13.8 Å². The van der Waals surface area contributed by atoms with Crippen LogP contribution in [0.4, 0.5) is 0 Å². The van der Waals surface area contributed by atoms with E-state index in [0.717, 1.165) is 18.4 Å². The summed E-state index contributed by atoms with van der Waals surface area (Å²) in [6.07, 6.45) is 4.31. The lowest BCUT2D eigenvalue weighted by Gasteiger charge is -2.65. The minimum absolute atomic E-state index is 0.00233. The zero-order valence-electron chi connectivity index (χ0n) is 22.9. The number of carbonyl (C=O) groups is 3. The smallest absolute Gasteiger partial charge is 0.240 e. The summed E-state index contributed by atoms with van der Waals surface area (Å²) in [5.41, 5.74) is 2.65. The summed E-state index contributed by atoms with van der Waals surface area (Å²) in [6, 6.07) is 2.20. The second kappa shape index (κ2) is 6.93. The Morgan fingerprint density at radius 2 is 1.76 bits per heavy atom. The maximum Gasteiger partial charge on any atom is 0.240 e. The maximum atomic E-state index is 14.2. The third-order valence-corrected chi connectivity index (χ3v) is 12.4. The lowest BCUT2D eigenvalue weighted by atomic mass is 9.37. The van der Waals surface area contributed by atoms with Crippen LogP contribution in [-0.4, -0.2) is 40.4 Å². The molecule has 4 saturated carbocycles. The fourth-order valence-corrected chi connectivity index (χ4v) is 10.8. The summed E-state index contributed by atoms with van der Waals surface area (Å²) >= 11 is 0. The van der Waals surface area contributed by atoms with Crippen LogP contribution < -0.4 is 5.73 Å². The molecule has 1 heterocycles. The van der Waals surface area contributed by atoms with Crippen molar-refractivity contribution in [3.63, 3.8) is 0 Å². The first kappa shape index (κ1) is 25.2. The van der Waals surface area contributed by atoms with Gasteiger partial charge >= 0.3 is 0 Å². The molecule has 6 rings (SSSR count). The molecular weight excluding hydrogens is 468 g/mol. The minimum Gasteiger partial charge on any atom is -0.392 e. The summed E-state index contributed by atoms with van der Waals surface area (Å²) in [6.45, 7) is 12.4. The van der Waals surface area contributed by atoms with E-state index < -0.39 is 40.0 Å². The van der Waals surface area contributed by atoms with E-state index in [1.54, 1.807) is 6.08 Å². The molecule has 0 aromatic heterocycles. The Hall–Kier alpha value is -2.04. The summed E-state index contributed by atoms with van der Waals surface area (Å²) in [7, 11) is 0. The zero-order chi connectivity index (χ0) is 27.1. The number of nitrogens with zero attached hydrogens (tertiary/aromatic N) is 1. The number of carbonyl (C=O) groups excluding carboxylic acids is 3. The second-order valence-electron chi connectivity index (χ2n) is 14.9. The molecule has 1 amide bonds. The van der Waals surface area contributed by atoms with Crippen molar-refractivity contribution in [2.45, 2.75) is 97.9 Å². The van der Waals surface area contributed by atoms with Crippen molar-refractivity contribution in [3.8, 4) is 6.07 Å². The quantitative estimate of drug-likeness (QED) is 0.521. The Bertz CT molecular complexity index is 1210.